The summed E-state index contributed by atoms with van der Waals surface area (Å²) >= 11 is 0. The minimum absolute atomic E-state index is 0.113. The average molecular weight is 236 g/mol. The minimum Gasteiger partial charge on any atom is -0.355 e. The first-order valence-corrected chi connectivity index (χ1v) is 7.20. The van der Waals surface area contributed by atoms with Gasteiger partial charge in [-0.3, -0.25) is 4.79 Å². The van der Waals surface area contributed by atoms with E-state index in [1.54, 1.807) is 21.6 Å². The van der Waals surface area contributed by atoms with Crippen LogP contribution in [0.1, 0.15) is 20.8 Å². The lowest BCUT2D eigenvalue weighted by atomic mass is 9.96. The van der Waals surface area contributed by atoms with Crippen molar-refractivity contribution in [3.8, 4) is 0 Å². The van der Waals surface area contributed by atoms with Crippen molar-refractivity contribution in [2.45, 2.75) is 20.8 Å². The zero-order valence-electron chi connectivity index (χ0n) is 9.13. The van der Waals surface area contributed by atoms with Crippen LogP contribution >= 0.6 is 21.6 Å². The second kappa shape index (κ2) is 7.43. The Bertz CT molecular complexity index is 169. The molecule has 0 fully saturated rings. The SMILES string of the molecule is CC(C)(C)C(=O)NCCSSCCN. The third-order valence-corrected chi connectivity index (χ3v) is 3.88. The Labute approximate surface area is 94.4 Å². The van der Waals surface area contributed by atoms with E-state index in [1.165, 1.54) is 0 Å². The van der Waals surface area contributed by atoms with Crippen LogP contribution in [0.15, 0.2) is 0 Å². The Balaban J connectivity index is 3.33. The van der Waals surface area contributed by atoms with Gasteiger partial charge in [0.2, 0.25) is 5.91 Å². The van der Waals surface area contributed by atoms with Gasteiger partial charge in [0.1, 0.15) is 0 Å². The summed E-state index contributed by atoms with van der Waals surface area (Å²) in [5.74, 6) is 2.02. The van der Waals surface area contributed by atoms with Crippen LogP contribution in [0.2, 0.25) is 0 Å². The first-order valence-electron chi connectivity index (χ1n) is 4.71. The molecule has 3 nitrogen and oxygen atoms in total. The van der Waals surface area contributed by atoms with Crippen LogP contribution in [0.25, 0.3) is 0 Å². The zero-order chi connectivity index (χ0) is 11.0. The van der Waals surface area contributed by atoms with Crippen molar-refractivity contribution in [1.29, 1.82) is 0 Å². The molecule has 0 radical (unpaired) electrons. The van der Waals surface area contributed by atoms with E-state index in [0.717, 1.165) is 18.1 Å². The molecule has 0 saturated carbocycles. The Morgan fingerprint density at radius 3 is 2.36 bits per heavy atom. The smallest absolute Gasteiger partial charge is 0.225 e. The van der Waals surface area contributed by atoms with Crippen LogP contribution in [0.3, 0.4) is 0 Å². The molecule has 3 N–H and O–H groups in total. The van der Waals surface area contributed by atoms with Gasteiger partial charge in [-0.25, -0.2) is 0 Å². The summed E-state index contributed by atoms with van der Waals surface area (Å²) in [4.78, 5) is 11.4. The maximum Gasteiger partial charge on any atom is 0.225 e. The summed E-state index contributed by atoms with van der Waals surface area (Å²) in [6.45, 7) is 7.19. The Hall–Kier alpha value is 0.130. The molecule has 0 bridgehead atoms. The summed E-state index contributed by atoms with van der Waals surface area (Å²) in [5.41, 5.74) is 5.06. The molecule has 0 aromatic heterocycles. The third kappa shape index (κ3) is 7.53. The van der Waals surface area contributed by atoms with Crippen LogP contribution in [0.4, 0.5) is 0 Å². The van der Waals surface area contributed by atoms with E-state index >= 15 is 0 Å². The van der Waals surface area contributed by atoms with Crippen LogP contribution < -0.4 is 11.1 Å². The number of nitrogens with two attached hydrogens (primary N) is 1. The number of rotatable bonds is 6. The largest absolute Gasteiger partial charge is 0.355 e. The van der Waals surface area contributed by atoms with Crippen molar-refractivity contribution < 1.29 is 4.79 Å². The van der Waals surface area contributed by atoms with E-state index in [4.69, 9.17) is 5.73 Å². The second-order valence-corrected chi connectivity index (χ2v) is 6.64. The molecule has 5 heteroatoms. The number of hydrogen-bond acceptors (Lipinski definition) is 4. The first-order chi connectivity index (χ1) is 6.48. The van der Waals surface area contributed by atoms with Crippen molar-refractivity contribution in [2.75, 3.05) is 24.6 Å². The molecule has 0 aliphatic rings. The molecular formula is C9H20N2OS2. The first kappa shape index (κ1) is 14.1. The number of nitrogens with one attached hydrogen (secondary N) is 1. The van der Waals surface area contributed by atoms with Gasteiger partial charge in [0.05, 0.1) is 0 Å². The predicted molar refractivity (Wildman–Crippen MR) is 66.4 cm³/mol. The molecule has 1 amide bonds. The molecule has 0 heterocycles. The van der Waals surface area contributed by atoms with Crippen molar-refractivity contribution in [3.05, 3.63) is 0 Å². The van der Waals surface area contributed by atoms with E-state index in [1.807, 2.05) is 20.8 Å². The second-order valence-electron chi connectivity index (χ2n) is 3.94. The average Bonchev–Trinajstić information content (AvgIpc) is 2.09. The van der Waals surface area contributed by atoms with Gasteiger partial charge in [-0.05, 0) is 0 Å². The molecule has 0 aliphatic heterocycles. The lowest BCUT2D eigenvalue weighted by Gasteiger charge is -2.17. The number of amides is 1. The van der Waals surface area contributed by atoms with Crippen LogP contribution in [-0.4, -0.2) is 30.5 Å². The van der Waals surface area contributed by atoms with Crippen molar-refractivity contribution >= 4 is 27.5 Å². The maximum absolute atomic E-state index is 11.4. The minimum atomic E-state index is -0.283. The third-order valence-electron chi connectivity index (χ3n) is 1.44. The molecule has 0 saturated heterocycles. The maximum atomic E-state index is 11.4. The van der Waals surface area contributed by atoms with E-state index in [2.05, 4.69) is 5.32 Å². The predicted octanol–water partition coefficient (Wildman–Crippen LogP) is 1.49. The molecule has 0 atom stereocenters. The monoisotopic (exact) mass is 236 g/mol. The van der Waals surface area contributed by atoms with Gasteiger partial charge in [0.15, 0.2) is 0 Å². The Morgan fingerprint density at radius 1 is 1.29 bits per heavy atom. The summed E-state index contributed by atoms with van der Waals surface area (Å²) in [5, 5.41) is 2.90. The molecule has 0 aromatic rings. The number of carbonyl (C=O) groups excluding carboxylic acids is 1. The highest BCUT2D eigenvalue weighted by molar-refractivity contribution is 8.76. The summed E-state index contributed by atoms with van der Waals surface area (Å²) in [6.07, 6.45) is 0. The van der Waals surface area contributed by atoms with Gasteiger partial charge in [0, 0.05) is 30.0 Å². The van der Waals surface area contributed by atoms with Crippen LogP contribution in [0.5, 0.6) is 0 Å². The molecule has 0 unspecified atom stereocenters. The molecule has 0 aromatic carbocycles. The fraction of sp³-hybridized carbons (Fsp3) is 0.889. The quantitative estimate of drug-likeness (QED) is 0.542. The van der Waals surface area contributed by atoms with E-state index in [9.17, 15) is 4.79 Å². The molecule has 0 aliphatic carbocycles. The molecule has 84 valence electrons. The van der Waals surface area contributed by atoms with Crippen molar-refractivity contribution in [3.63, 3.8) is 0 Å². The van der Waals surface area contributed by atoms with Crippen molar-refractivity contribution in [2.24, 2.45) is 11.1 Å². The number of carbonyl (C=O) groups is 1. The van der Waals surface area contributed by atoms with Crippen LogP contribution in [-0.2, 0) is 4.79 Å². The van der Waals surface area contributed by atoms with Gasteiger partial charge in [-0.2, -0.15) is 0 Å². The van der Waals surface area contributed by atoms with Gasteiger partial charge in [0.25, 0.3) is 0 Å². The van der Waals surface area contributed by atoms with E-state index in [0.29, 0.717) is 6.54 Å². The summed E-state index contributed by atoms with van der Waals surface area (Å²) in [6, 6.07) is 0. The van der Waals surface area contributed by atoms with Crippen molar-refractivity contribution in [1.82, 2.24) is 5.32 Å². The normalized spacial score (nSPS) is 11.4. The Kier molecular flexibility index (Phi) is 7.49. The summed E-state index contributed by atoms with van der Waals surface area (Å²) < 4.78 is 0. The lowest BCUT2D eigenvalue weighted by Crippen LogP contribution is -2.35. The molecule has 0 spiro atoms. The highest BCUT2D eigenvalue weighted by Crippen LogP contribution is 2.19. The molecule has 0 rings (SSSR count). The summed E-state index contributed by atoms with van der Waals surface area (Å²) in [7, 11) is 3.51. The van der Waals surface area contributed by atoms with E-state index in [-0.39, 0.29) is 11.3 Å². The number of hydrogen-bond donors (Lipinski definition) is 2. The van der Waals surface area contributed by atoms with E-state index < -0.39 is 0 Å². The van der Waals surface area contributed by atoms with Crippen LogP contribution in [0, 0.1) is 5.41 Å². The van der Waals surface area contributed by atoms with Gasteiger partial charge >= 0.3 is 0 Å². The van der Waals surface area contributed by atoms with Gasteiger partial charge in [-0.15, -0.1) is 0 Å². The highest BCUT2D eigenvalue weighted by Gasteiger charge is 2.19. The lowest BCUT2D eigenvalue weighted by molar-refractivity contribution is -0.128. The topological polar surface area (TPSA) is 55.1 Å². The highest BCUT2D eigenvalue weighted by atomic mass is 33.1. The zero-order valence-corrected chi connectivity index (χ0v) is 10.8. The Morgan fingerprint density at radius 2 is 1.86 bits per heavy atom. The van der Waals surface area contributed by atoms with Gasteiger partial charge < -0.3 is 11.1 Å². The fourth-order valence-electron chi connectivity index (χ4n) is 0.637. The fourth-order valence-corrected chi connectivity index (χ4v) is 2.40. The molecular weight excluding hydrogens is 216 g/mol. The standard InChI is InChI=1S/C9H20N2OS2/c1-9(2,3)8(12)11-5-7-14-13-6-4-10/h4-7,10H2,1-3H3,(H,11,12). The van der Waals surface area contributed by atoms with Gasteiger partial charge in [-0.1, -0.05) is 42.4 Å². The molecule has 14 heavy (non-hydrogen) atoms.